The summed E-state index contributed by atoms with van der Waals surface area (Å²) in [7, 11) is 0. The van der Waals surface area contributed by atoms with E-state index >= 15 is 0 Å². The van der Waals surface area contributed by atoms with Crippen LogP contribution in [0.1, 0.15) is 16.8 Å². The molecule has 1 saturated carbocycles. The fraction of sp³-hybridized carbons (Fsp3) is 0.450. The van der Waals surface area contributed by atoms with E-state index in [9.17, 15) is 14.4 Å². The third-order valence-corrected chi connectivity index (χ3v) is 6.14. The molecule has 0 N–H and O–H groups in total. The van der Waals surface area contributed by atoms with Gasteiger partial charge in [-0.1, -0.05) is 12.2 Å². The highest BCUT2D eigenvalue weighted by molar-refractivity contribution is 6.22. The van der Waals surface area contributed by atoms with Gasteiger partial charge in [0.25, 0.3) is 5.91 Å². The number of carbonyl (C=O) groups excluding carboxylic acids is 3. The van der Waals surface area contributed by atoms with Gasteiger partial charge in [0.15, 0.2) is 0 Å². The molecule has 5 rings (SSSR count). The lowest BCUT2D eigenvalue weighted by Gasteiger charge is -2.27. The Hall–Kier alpha value is -2.47. The van der Waals surface area contributed by atoms with E-state index in [1.807, 2.05) is 0 Å². The zero-order valence-electron chi connectivity index (χ0n) is 14.3. The highest BCUT2D eigenvalue weighted by Crippen LogP contribution is 2.53. The zero-order chi connectivity index (χ0) is 17.8. The number of imide groups is 1. The van der Waals surface area contributed by atoms with E-state index in [1.165, 1.54) is 4.90 Å². The van der Waals surface area contributed by atoms with Crippen LogP contribution < -0.4 is 4.90 Å². The molecular weight excluding hydrogens is 332 g/mol. The van der Waals surface area contributed by atoms with E-state index in [1.54, 1.807) is 29.2 Å². The van der Waals surface area contributed by atoms with Crippen molar-refractivity contribution >= 4 is 23.4 Å². The fourth-order valence-corrected chi connectivity index (χ4v) is 4.86. The number of ether oxygens (including phenoxy) is 1. The Kier molecular flexibility index (Phi) is 3.50. The summed E-state index contributed by atoms with van der Waals surface area (Å²) < 4.78 is 5.27. The van der Waals surface area contributed by atoms with Gasteiger partial charge in [0.2, 0.25) is 11.8 Å². The lowest BCUT2D eigenvalue weighted by atomic mass is 9.85. The number of nitrogens with zero attached hydrogens (tertiary/aromatic N) is 2. The third kappa shape index (κ3) is 2.18. The number of morpholine rings is 1. The summed E-state index contributed by atoms with van der Waals surface area (Å²) in [6, 6.07) is 6.82. The molecule has 26 heavy (non-hydrogen) atoms. The first-order valence-corrected chi connectivity index (χ1v) is 9.18. The largest absolute Gasteiger partial charge is 0.378 e. The molecule has 1 aromatic rings. The number of anilines is 1. The average Bonchev–Trinajstić information content (AvgIpc) is 3.36. The molecule has 3 fully saturated rings. The summed E-state index contributed by atoms with van der Waals surface area (Å²) in [5, 5.41) is 0. The molecule has 1 aromatic carbocycles. The number of carbonyl (C=O) groups is 3. The Morgan fingerprint density at radius 1 is 0.923 bits per heavy atom. The number of fused-ring (bicyclic) bond motifs is 5. The zero-order valence-corrected chi connectivity index (χ0v) is 14.3. The maximum Gasteiger partial charge on any atom is 0.254 e. The van der Waals surface area contributed by atoms with Crippen LogP contribution >= 0.6 is 0 Å². The summed E-state index contributed by atoms with van der Waals surface area (Å²) in [6.45, 7) is 2.28. The van der Waals surface area contributed by atoms with Gasteiger partial charge >= 0.3 is 0 Å². The van der Waals surface area contributed by atoms with Crippen LogP contribution in [0.4, 0.5) is 5.69 Å². The van der Waals surface area contributed by atoms with Gasteiger partial charge in [0, 0.05) is 18.7 Å². The summed E-state index contributed by atoms with van der Waals surface area (Å²) in [5.74, 6) is -0.229. The number of rotatable bonds is 2. The molecule has 2 aliphatic carbocycles. The molecule has 0 radical (unpaired) electrons. The minimum absolute atomic E-state index is 0.0435. The highest BCUT2D eigenvalue weighted by Gasteiger charge is 2.59. The van der Waals surface area contributed by atoms with E-state index < -0.39 is 0 Å². The normalized spacial score (nSPS) is 32.5. The van der Waals surface area contributed by atoms with Crippen LogP contribution in [0.5, 0.6) is 0 Å². The van der Waals surface area contributed by atoms with Crippen LogP contribution in [0.3, 0.4) is 0 Å². The number of hydrogen-bond acceptors (Lipinski definition) is 4. The third-order valence-electron chi connectivity index (χ3n) is 6.14. The van der Waals surface area contributed by atoms with Gasteiger partial charge in [-0.25, -0.2) is 0 Å². The van der Waals surface area contributed by atoms with Crippen LogP contribution in [0.15, 0.2) is 36.4 Å². The molecule has 0 aromatic heterocycles. The number of hydrogen-bond donors (Lipinski definition) is 0. The van der Waals surface area contributed by atoms with Crippen molar-refractivity contribution in [2.75, 3.05) is 31.2 Å². The monoisotopic (exact) mass is 352 g/mol. The maximum absolute atomic E-state index is 12.8. The predicted molar refractivity (Wildman–Crippen MR) is 93.4 cm³/mol. The molecule has 4 aliphatic rings. The molecule has 6 heteroatoms. The van der Waals surface area contributed by atoms with Gasteiger partial charge < -0.3 is 9.64 Å². The Morgan fingerprint density at radius 2 is 1.50 bits per heavy atom. The summed E-state index contributed by atoms with van der Waals surface area (Å²) in [4.78, 5) is 41.3. The second-order valence-electron chi connectivity index (χ2n) is 7.46. The quantitative estimate of drug-likeness (QED) is 0.597. The van der Waals surface area contributed by atoms with Crippen molar-refractivity contribution in [1.82, 2.24) is 4.90 Å². The minimum Gasteiger partial charge on any atom is -0.378 e. The molecule has 2 aliphatic heterocycles. The lowest BCUT2D eigenvalue weighted by Crippen LogP contribution is -2.40. The van der Waals surface area contributed by atoms with Gasteiger partial charge in [0.05, 0.1) is 30.7 Å². The highest BCUT2D eigenvalue weighted by atomic mass is 16.5. The van der Waals surface area contributed by atoms with E-state index in [4.69, 9.17) is 4.74 Å². The second-order valence-corrected chi connectivity index (χ2v) is 7.46. The first kappa shape index (κ1) is 15.8. The van der Waals surface area contributed by atoms with E-state index in [0.717, 1.165) is 6.42 Å². The fourth-order valence-electron chi connectivity index (χ4n) is 4.86. The Morgan fingerprint density at radius 3 is 2.08 bits per heavy atom. The Balaban J connectivity index is 1.37. The first-order chi connectivity index (χ1) is 12.6. The van der Waals surface area contributed by atoms with E-state index in [-0.39, 0.29) is 41.4 Å². The van der Waals surface area contributed by atoms with Gasteiger partial charge in [-0.15, -0.1) is 0 Å². The van der Waals surface area contributed by atoms with Crippen molar-refractivity contribution < 1.29 is 19.1 Å². The van der Waals surface area contributed by atoms with Crippen LogP contribution in [0, 0.1) is 23.7 Å². The van der Waals surface area contributed by atoms with Gasteiger partial charge in [0.1, 0.15) is 0 Å². The number of amides is 3. The molecule has 2 bridgehead atoms. The summed E-state index contributed by atoms with van der Waals surface area (Å²) in [6.07, 6.45) is 5.10. The molecular formula is C20H20N2O4. The summed E-state index contributed by atoms with van der Waals surface area (Å²) in [5.41, 5.74) is 1.13. The second kappa shape index (κ2) is 5.77. The molecule has 4 atom stereocenters. The lowest BCUT2D eigenvalue weighted by molar-refractivity contribution is -0.123. The molecule has 2 saturated heterocycles. The first-order valence-electron chi connectivity index (χ1n) is 9.18. The van der Waals surface area contributed by atoms with Crippen molar-refractivity contribution in [3.05, 3.63) is 42.0 Å². The van der Waals surface area contributed by atoms with Crippen molar-refractivity contribution in [3.63, 3.8) is 0 Å². The van der Waals surface area contributed by atoms with Gasteiger partial charge in [-0.2, -0.15) is 0 Å². The molecule has 3 amide bonds. The Bertz CT molecular complexity index is 780. The SMILES string of the molecule is O=C(c1ccc(N2C(=O)[C@@H]3[C@H](C2=O)[C@H]2C=C[C@H]3C2)cc1)N1CCOCC1. The molecule has 0 spiro atoms. The topological polar surface area (TPSA) is 66.9 Å². The molecule has 134 valence electrons. The molecule has 0 unspecified atom stereocenters. The molecule has 6 nitrogen and oxygen atoms in total. The van der Waals surface area contributed by atoms with E-state index in [0.29, 0.717) is 37.6 Å². The maximum atomic E-state index is 12.8. The van der Waals surface area contributed by atoms with Crippen molar-refractivity contribution in [3.8, 4) is 0 Å². The van der Waals surface area contributed by atoms with Crippen LogP contribution in [-0.4, -0.2) is 48.9 Å². The van der Waals surface area contributed by atoms with Gasteiger partial charge in [-0.3, -0.25) is 19.3 Å². The standard InChI is InChI=1S/C20H20N2O4/c23-18(21-7-9-26-10-8-21)12-3-5-15(6-4-12)22-19(24)16-13-1-2-14(11-13)17(16)20(22)25/h1-6,13-14,16-17H,7-11H2/t13-,14-,16-,17+/m0/s1. The average molecular weight is 352 g/mol. The van der Waals surface area contributed by atoms with Crippen molar-refractivity contribution in [1.29, 1.82) is 0 Å². The van der Waals surface area contributed by atoms with Crippen molar-refractivity contribution in [2.24, 2.45) is 23.7 Å². The van der Waals surface area contributed by atoms with Crippen molar-refractivity contribution in [2.45, 2.75) is 6.42 Å². The van der Waals surface area contributed by atoms with E-state index in [2.05, 4.69) is 12.2 Å². The predicted octanol–water partition coefficient (Wildman–Crippen LogP) is 1.47. The Labute approximate surface area is 151 Å². The smallest absolute Gasteiger partial charge is 0.254 e. The van der Waals surface area contributed by atoms with Gasteiger partial charge in [-0.05, 0) is 42.5 Å². The summed E-state index contributed by atoms with van der Waals surface area (Å²) >= 11 is 0. The number of benzene rings is 1. The van der Waals surface area contributed by atoms with Crippen LogP contribution in [0.2, 0.25) is 0 Å². The number of allylic oxidation sites excluding steroid dienone is 2. The van der Waals surface area contributed by atoms with Crippen LogP contribution in [0.25, 0.3) is 0 Å². The minimum atomic E-state index is -0.202. The molecule has 2 heterocycles. The van der Waals surface area contributed by atoms with Crippen LogP contribution in [-0.2, 0) is 14.3 Å².